The molecule has 4 rings (SSSR count). The average Bonchev–Trinajstić information content (AvgIpc) is 2.84. The van der Waals surface area contributed by atoms with Crippen LogP contribution in [-0.2, 0) is 16.0 Å². The van der Waals surface area contributed by atoms with Gasteiger partial charge in [0.25, 0.3) is 0 Å². The summed E-state index contributed by atoms with van der Waals surface area (Å²) in [6.45, 7) is 1.31. The molecular weight excluding hydrogens is 408 g/mol. The number of aromatic nitrogens is 2. The maximum Gasteiger partial charge on any atom is 0.248 e. The van der Waals surface area contributed by atoms with Crippen molar-refractivity contribution in [3.63, 3.8) is 0 Å². The molecule has 164 valence electrons. The van der Waals surface area contributed by atoms with Gasteiger partial charge < -0.3 is 20.1 Å². The van der Waals surface area contributed by atoms with Gasteiger partial charge in [0.1, 0.15) is 11.9 Å². The maximum absolute atomic E-state index is 12.9. The van der Waals surface area contributed by atoms with E-state index in [1.165, 1.54) is 0 Å². The van der Waals surface area contributed by atoms with E-state index >= 15 is 0 Å². The fourth-order valence-electron chi connectivity index (χ4n) is 3.71. The van der Waals surface area contributed by atoms with Crippen molar-refractivity contribution in [2.45, 2.75) is 12.5 Å². The summed E-state index contributed by atoms with van der Waals surface area (Å²) in [7, 11) is 1.60. The standard InChI is InChI=1S/C24H24N4O4/c1-31-19-4-2-3-16(13-19)14-21(29)28-11-12-32-20(15-28)23-22(26-9-10-27-23)17-5-7-18(8-6-17)24(25)30/h2-10,13,20H,11-12,14-15H2,1H3,(H2,25,30). The topological polar surface area (TPSA) is 108 Å². The molecule has 1 aliphatic heterocycles. The zero-order valence-electron chi connectivity index (χ0n) is 17.7. The minimum Gasteiger partial charge on any atom is -0.497 e. The first-order chi connectivity index (χ1) is 15.5. The highest BCUT2D eigenvalue weighted by atomic mass is 16.5. The normalized spacial score (nSPS) is 15.9. The molecule has 2 heterocycles. The predicted molar refractivity (Wildman–Crippen MR) is 118 cm³/mol. The summed E-state index contributed by atoms with van der Waals surface area (Å²) >= 11 is 0. The Balaban J connectivity index is 1.52. The van der Waals surface area contributed by atoms with E-state index in [-0.39, 0.29) is 12.3 Å². The molecule has 1 unspecified atom stereocenters. The van der Waals surface area contributed by atoms with E-state index in [0.29, 0.717) is 36.6 Å². The molecule has 1 aliphatic rings. The van der Waals surface area contributed by atoms with Crippen molar-refractivity contribution in [1.29, 1.82) is 0 Å². The number of morpholine rings is 1. The second kappa shape index (κ2) is 9.57. The quantitative estimate of drug-likeness (QED) is 0.641. The molecule has 0 bridgehead atoms. The van der Waals surface area contributed by atoms with Crippen LogP contribution < -0.4 is 10.5 Å². The zero-order chi connectivity index (χ0) is 22.5. The van der Waals surface area contributed by atoms with Crippen molar-refractivity contribution < 1.29 is 19.1 Å². The molecule has 8 nitrogen and oxygen atoms in total. The second-order valence-electron chi connectivity index (χ2n) is 7.46. The predicted octanol–water partition coefficient (Wildman–Crippen LogP) is 2.39. The Morgan fingerprint density at radius 2 is 1.94 bits per heavy atom. The van der Waals surface area contributed by atoms with Crippen molar-refractivity contribution in [3.8, 4) is 17.0 Å². The number of rotatable bonds is 6. The second-order valence-corrected chi connectivity index (χ2v) is 7.46. The Bertz CT molecular complexity index is 1120. The highest BCUT2D eigenvalue weighted by Gasteiger charge is 2.28. The van der Waals surface area contributed by atoms with Gasteiger partial charge in [0.15, 0.2) is 0 Å². The van der Waals surface area contributed by atoms with Gasteiger partial charge in [-0.15, -0.1) is 0 Å². The lowest BCUT2D eigenvalue weighted by Gasteiger charge is -2.33. The minimum atomic E-state index is -0.489. The lowest BCUT2D eigenvalue weighted by atomic mass is 10.0. The van der Waals surface area contributed by atoms with Crippen LogP contribution in [0.25, 0.3) is 11.3 Å². The first-order valence-electron chi connectivity index (χ1n) is 10.3. The summed E-state index contributed by atoms with van der Waals surface area (Å²) in [5.74, 6) is 0.251. The fraction of sp³-hybridized carbons (Fsp3) is 0.250. The Kier molecular flexibility index (Phi) is 6.42. The number of primary amides is 1. The van der Waals surface area contributed by atoms with E-state index in [2.05, 4.69) is 9.97 Å². The van der Waals surface area contributed by atoms with Crippen LogP contribution in [0, 0.1) is 0 Å². The SMILES string of the molecule is COc1cccc(CC(=O)N2CCOC(c3nccnc3-c3ccc(C(N)=O)cc3)C2)c1. The molecule has 1 aromatic heterocycles. The summed E-state index contributed by atoms with van der Waals surface area (Å²) < 4.78 is 11.2. The van der Waals surface area contributed by atoms with Gasteiger partial charge in [0.2, 0.25) is 11.8 Å². The molecular formula is C24H24N4O4. The Morgan fingerprint density at radius 1 is 1.16 bits per heavy atom. The molecule has 2 amide bonds. The summed E-state index contributed by atoms with van der Waals surface area (Å²) in [5, 5.41) is 0. The van der Waals surface area contributed by atoms with Gasteiger partial charge in [0.05, 0.1) is 38.1 Å². The van der Waals surface area contributed by atoms with Gasteiger partial charge >= 0.3 is 0 Å². The summed E-state index contributed by atoms with van der Waals surface area (Å²) in [6.07, 6.45) is 3.09. The molecule has 2 N–H and O–H groups in total. The van der Waals surface area contributed by atoms with E-state index in [9.17, 15) is 9.59 Å². The van der Waals surface area contributed by atoms with Crippen LogP contribution in [0.5, 0.6) is 5.75 Å². The van der Waals surface area contributed by atoms with Gasteiger partial charge in [-0.25, -0.2) is 0 Å². The first-order valence-corrected chi connectivity index (χ1v) is 10.3. The van der Waals surface area contributed by atoms with E-state index < -0.39 is 12.0 Å². The summed E-state index contributed by atoms with van der Waals surface area (Å²) in [4.78, 5) is 35.1. The lowest BCUT2D eigenvalue weighted by molar-refractivity contribution is -0.138. The molecule has 1 atom stereocenters. The summed E-state index contributed by atoms with van der Waals surface area (Å²) in [6, 6.07) is 14.4. The van der Waals surface area contributed by atoms with Crippen LogP contribution in [-0.4, -0.2) is 53.5 Å². The third-order valence-corrected chi connectivity index (χ3v) is 5.38. The number of ether oxygens (including phenoxy) is 2. The van der Waals surface area contributed by atoms with Crippen molar-refractivity contribution >= 4 is 11.8 Å². The Hall–Kier alpha value is -3.78. The van der Waals surface area contributed by atoms with Gasteiger partial charge in [-0.2, -0.15) is 0 Å². The van der Waals surface area contributed by atoms with Crippen LogP contribution in [0.15, 0.2) is 60.9 Å². The molecule has 0 aliphatic carbocycles. The summed E-state index contributed by atoms with van der Waals surface area (Å²) in [5.41, 5.74) is 8.74. The number of carbonyl (C=O) groups is 2. The van der Waals surface area contributed by atoms with E-state index in [1.807, 2.05) is 24.3 Å². The Labute approximate surface area is 186 Å². The molecule has 0 saturated carbocycles. The van der Waals surface area contributed by atoms with Crippen molar-refractivity contribution in [2.75, 3.05) is 26.8 Å². The number of amides is 2. The van der Waals surface area contributed by atoms with Crippen LogP contribution in [0.2, 0.25) is 0 Å². The molecule has 1 fully saturated rings. The number of hydrogen-bond acceptors (Lipinski definition) is 6. The van der Waals surface area contributed by atoms with Gasteiger partial charge in [-0.05, 0) is 29.8 Å². The average molecular weight is 432 g/mol. The van der Waals surface area contributed by atoms with E-state index in [4.69, 9.17) is 15.2 Å². The number of benzene rings is 2. The van der Waals surface area contributed by atoms with Gasteiger partial charge in [-0.3, -0.25) is 19.6 Å². The molecule has 0 radical (unpaired) electrons. The third kappa shape index (κ3) is 4.76. The molecule has 2 aromatic carbocycles. The lowest BCUT2D eigenvalue weighted by Crippen LogP contribution is -2.43. The molecule has 32 heavy (non-hydrogen) atoms. The zero-order valence-corrected chi connectivity index (χ0v) is 17.7. The van der Waals surface area contributed by atoms with E-state index in [1.54, 1.807) is 48.7 Å². The van der Waals surface area contributed by atoms with Crippen LogP contribution in [0.4, 0.5) is 0 Å². The minimum absolute atomic E-state index is 0.0165. The Morgan fingerprint density at radius 3 is 2.69 bits per heavy atom. The first kappa shape index (κ1) is 21.5. The van der Waals surface area contributed by atoms with E-state index in [0.717, 1.165) is 16.9 Å². The monoisotopic (exact) mass is 432 g/mol. The van der Waals surface area contributed by atoms with Gasteiger partial charge in [0, 0.05) is 30.1 Å². The highest BCUT2D eigenvalue weighted by molar-refractivity contribution is 5.93. The van der Waals surface area contributed by atoms with Crippen molar-refractivity contribution in [1.82, 2.24) is 14.9 Å². The van der Waals surface area contributed by atoms with Crippen molar-refractivity contribution in [3.05, 3.63) is 77.7 Å². The number of methoxy groups -OCH3 is 1. The third-order valence-electron chi connectivity index (χ3n) is 5.38. The molecule has 1 saturated heterocycles. The number of nitrogens with two attached hydrogens (primary N) is 1. The fourth-order valence-corrected chi connectivity index (χ4v) is 3.71. The number of carbonyl (C=O) groups excluding carboxylic acids is 2. The van der Waals surface area contributed by atoms with Gasteiger partial charge in [-0.1, -0.05) is 24.3 Å². The van der Waals surface area contributed by atoms with Crippen LogP contribution in [0.1, 0.15) is 27.7 Å². The molecule has 3 aromatic rings. The largest absolute Gasteiger partial charge is 0.497 e. The smallest absolute Gasteiger partial charge is 0.248 e. The highest BCUT2D eigenvalue weighted by Crippen LogP contribution is 2.29. The maximum atomic E-state index is 12.9. The number of nitrogens with zero attached hydrogens (tertiary/aromatic N) is 3. The molecule has 8 heteroatoms. The van der Waals surface area contributed by atoms with Crippen molar-refractivity contribution in [2.24, 2.45) is 5.73 Å². The van der Waals surface area contributed by atoms with Crippen LogP contribution >= 0.6 is 0 Å². The van der Waals surface area contributed by atoms with Crippen LogP contribution in [0.3, 0.4) is 0 Å². The molecule has 0 spiro atoms. The number of hydrogen-bond donors (Lipinski definition) is 1.